The van der Waals surface area contributed by atoms with Gasteiger partial charge >= 0.3 is 5.97 Å². The number of hydrogen-bond acceptors (Lipinski definition) is 4. The fourth-order valence-corrected chi connectivity index (χ4v) is 2.95. The molecule has 0 bridgehead atoms. The Kier molecular flexibility index (Phi) is 4.06. The molecule has 0 amide bonds. The molecule has 1 aliphatic heterocycles. The minimum absolute atomic E-state index is 0.0621. The molecular weight excluding hydrogens is 262 g/mol. The molecule has 2 N–H and O–H groups in total. The van der Waals surface area contributed by atoms with Gasteiger partial charge in [0, 0.05) is 11.5 Å². The highest BCUT2D eigenvalue weighted by molar-refractivity contribution is 7.98. The minimum atomic E-state index is -0.900. The zero-order chi connectivity index (χ0) is 14.0. The van der Waals surface area contributed by atoms with Gasteiger partial charge in [0.25, 0.3) is 0 Å². The van der Waals surface area contributed by atoms with Crippen molar-refractivity contribution in [3.05, 3.63) is 23.8 Å². The molecule has 2 atom stereocenters. The lowest BCUT2D eigenvalue weighted by Gasteiger charge is -2.31. The molecule has 2 unspecified atom stereocenters. The van der Waals surface area contributed by atoms with Gasteiger partial charge in [-0.15, -0.1) is 11.8 Å². The third-order valence-corrected chi connectivity index (χ3v) is 4.55. The smallest absolute Gasteiger partial charge is 0.338 e. The van der Waals surface area contributed by atoms with Gasteiger partial charge in [-0.1, -0.05) is 6.07 Å². The van der Waals surface area contributed by atoms with Gasteiger partial charge in [-0.25, -0.2) is 4.79 Å². The molecule has 0 aromatic heterocycles. The Hall–Kier alpha value is -1.20. The van der Waals surface area contributed by atoms with Crippen molar-refractivity contribution in [3.8, 4) is 0 Å². The monoisotopic (exact) mass is 281 g/mol. The Labute approximate surface area is 117 Å². The highest BCUT2D eigenvalue weighted by Crippen LogP contribution is 2.33. The van der Waals surface area contributed by atoms with Gasteiger partial charge in [-0.3, -0.25) is 0 Å². The SMILES string of the molecule is CSc1cccc(NC2(C)CCOC2C)c1C(=O)O. The molecule has 19 heavy (non-hydrogen) atoms. The van der Waals surface area contributed by atoms with Crippen LogP contribution < -0.4 is 5.32 Å². The van der Waals surface area contributed by atoms with Gasteiger partial charge in [0.1, 0.15) is 0 Å². The van der Waals surface area contributed by atoms with E-state index in [2.05, 4.69) is 12.2 Å². The number of carboxylic acids is 1. The molecule has 104 valence electrons. The fourth-order valence-electron chi connectivity index (χ4n) is 2.33. The van der Waals surface area contributed by atoms with E-state index in [-0.39, 0.29) is 11.6 Å². The van der Waals surface area contributed by atoms with Crippen molar-refractivity contribution in [1.82, 2.24) is 0 Å². The zero-order valence-corrected chi connectivity index (χ0v) is 12.2. The van der Waals surface area contributed by atoms with Gasteiger partial charge in [0.05, 0.1) is 22.9 Å². The Bertz CT molecular complexity index is 492. The van der Waals surface area contributed by atoms with Gasteiger partial charge in [0.2, 0.25) is 0 Å². The number of hydrogen-bond donors (Lipinski definition) is 2. The van der Waals surface area contributed by atoms with E-state index in [1.54, 1.807) is 0 Å². The zero-order valence-electron chi connectivity index (χ0n) is 11.4. The first-order valence-electron chi connectivity index (χ1n) is 6.28. The van der Waals surface area contributed by atoms with E-state index >= 15 is 0 Å². The van der Waals surface area contributed by atoms with Crippen molar-refractivity contribution in [2.24, 2.45) is 0 Å². The summed E-state index contributed by atoms with van der Waals surface area (Å²) in [6.45, 7) is 4.79. The first-order chi connectivity index (χ1) is 8.98. The molecule has 0 saturated carbocycles. The summed E-state index contributed by atoms with van der Waals surface area (Å²) in [5.41, 5.74) is 0.788. The van der Waals surface area contributed by atoms with Crippen LogP contribution in [0.1, 0.15) is 30.6 Å². The summed E-state index contributed by atoms with van der Waals surface area (Å²) in [7, 11) is 0. The van der Waals surface area contributed by atoms with Crippen LogP contribution in [0.4, 0.5) is 5.69 Å². The molecule has 0 aliphatic carbocycles. The van der Waals surface area contributed by atoms with Crippen LogP contribution in [0.25, 0.3) is 0 Å². The lowest BCUT2D eigenvalue weighted by molar-refractivity contribution is 0.0693. The van der Waals surface area contributed by atoms with E-state index in [0.717, 1.165) is 11.3 Å². The first kappa shape index (κ1) is 14.2. The molecule has 5 heteroatoms. The van der Waals surface area contributed by atoms with E-state index < -0.39 is 5.97 Å². The fraction of sp³-hybridized carbons (Fsp3) is 0.500. The molecule has 1 aliphatic rings. The second-order valence-corrected chi connectivity index (χ2v) is 5.84. The van der Waals surface area contributed by atoms with E-state index in [1.807, 2.05) is 31.4 Å². The Morgan fingerprint density at radius 1 is 1.58 bits per heavy atom. The van der Waals surface area contributed by atoms with E-state index in [9.17, 15) is 9.90 Å². The lowest BCUT2D eigenvalue weighted by atomic mass is 9.93. The van der Waals surface area contributed by atoms with Crippen molar-refractivity contribution in [2.75, 3.05) is 18.2 Å². The van der Waals surface area contributed by atoms with Crippen molar-refractivity contribution in [3.63, 3.8) is 0 Å². The van der Waals surface area contributed by atoms with Crippen molar-refractivity contribution >= 4 is 23.4 Å². The van der Waals surface area contributed by atoms with E-state index in [0.29, 0.717) is 17.9 Å². The molecule has 0 spiro atoms. The summed E-state index contributed by atoms with van der Waals surface area (Å²) in [6, 6.07) is 5.53. The Balaban J connectivity index is 2.37. The van der Waals surface area contributed by atoms with Crippen LogP contribution in [0.15, 0.2) is 23.1 Å². The molecule has 4 nitrogen and oxygen atoms in total. The highest BCUT2D eigenvalue weighted by atomic mass is 32.2. The van der Waals surface area contributed by atoms with Crippen LogP contribution in [0.3, 0.4) is 0 Å². The Morgan fingerprint density at radius 3 is 2.84 bits per heavy atom. The van der Waals surface area contributed by atoms with Crippen LogP contribution in [-0.2, 0) is 4.74 Å². The van der Waals surface area contributed by atoms with Crippen LogP contribution in [0.5, 0.6) is 0 Å². The molecule has 0 radical (unpaired) electrons. The van der Waals surface area contributed by atoms with Crippen LogP contribution in [-0.4, -0.2) is 35.6 Å². The van der Waals surface area contributed by atoms with Gasteiger partial charge < -0.3 is 15.2 Å². The minimum Gasteiger partial charge on any atom is -0.478 e. The number of thioether (sulfide) groups is 1. The molecule has 1 fully saturated rings. The maximum Gasteiger partial charge on any atom is 0.338 e. The quantitative estimate of drug-likeness (QED) is 0.831. The summed E-state index contributed by atoms with van der Waals surface area (Å²) in [6.07, 6.45) is 2.82. The summed E-state index contributed by atoms with van der Waals surface area (Å²) < 4.78 is 5.58. The topological polar surface area (TPSA) is 58.6 Å². The van der Waals surface area contributed by atoms with Crippen LogP contribution in [0.2, 0.25) is 0 Å². The average Bonchev–Trinajstić information content (AvgIpc) is 2.68. The Morgan fingerprint density at radius 2 is 2.32 bits per heavy atom. The normalized spacial score (nSPS) is 26.4. The number of anilines is 1. The number of benzene rings is 1. The third-order valence-electron chi connectivity index (χ3n) is 3.77. The maximum absolute atomic E-state index is 11.5. The predicted molar refractivity (Wildman–Crippen MR) is 77.2 cm³/mol. The van der Waals surface area contributed by atoms with Crippen LogP contribution >= 0.6 is 11.8 Å². The summed E-state index contributed by atoms with van der Waals surface area (Å²) in [5, 5.41) is 12.8. The molecular formula is C14H19NO3S. The predicted octanol–water partition coefficient (Wildman–Crippen LogP) is 3.09. The number of carboxylic acid groups (broad SMARTS) is 1. The summed E-state index contributed by atoms with van der Waals surface area (Å²) in [5.74, 6) is -0.900. The summed E-state index contributed by atoms with van der Waals surface area (Å²) in [4.78, 5) is 12.2. The number of ether oxygens (including phenoxy) is 1. The second kappa shape index (κ2) is 5.43. The van der Waals surface area contributed by atoms with Crippen molar-refractivity contribution in [2.45, 2.75) is 36.8 Å². The molecule has 1 heterocycles. The second-order valence-electron chi connectivity index (χ2n) is 4.99. The molecule has 1 aromatic carbocycles. The molecule has 2 rings (SSSR count). The number of aromatic carboxylic acids is 1. The van der Waals surface area contributed by atoms with Crippen molar-refractivity contribution < 1.29 is 14.6 Å². The number of rotatable bonds is 4. The van der Waals surface area contributed by atoms with Gasteiger partial charge in [0.15, 0.2) is 0 Å². The van der Waals surface area contributed by atoms with E-state index in [1.165, 1.54) is 11.8 Å². The largest absolute Gasteiger partial charge is 0.478 e. The van der Waals surface area contributed by atoms with Crippen LogP contribution in [0, 0.1) is 0 Å². The molecule has 1 saturated heterocycles. The van der Waals surface area contributed by atoms with Gasteiger partial charge in [-0.05, 0) is 38.7 Å². The summed E-state index contributed by atoms with van der Waals surface area (Å²) >= 11 is 1.44. The number of nitrogens with one attached hydrogen (secondary N) is 1. The average molecular weight is 281 g/mol. The maximum atomic E-state index is 11.5. The van der Waals surface area contributed by atoms with E-state index in [4.69, 9.17) is 4.74 Å². The third kappa shape index (κ3) is 2.72. The number of carbonyl (C=O) groups is 1. The highest BCUT2D eigenvalue weighted by Gasteiger charge is 2.37. The standard InChI is InChI=1S/C14H19NO3S/c1-9-14(2,7-8-18-9)15-10-5-4-6-11(19-3)12(10)13(16)17/h4-6,9,15H,7-8H2,1-3H3,(H,16,17). The molecule has 1 aromatic rings. The lowest BCUT2D eigenvalue weighted by Crippen LogP contribution is -2.41. The van der Waals surface area contributed by atoms with Gasteiger partial charge in [-0.2, -0.15) is 0 Å². The van der Waals surface area contributed by atoms with Crippen molar-refractivity contribution in [1.29, 1.82) is 0 Å². The first-order valence-corrected chi connectivity index (χ1v) is 7.50.